The molecular weight excluding hydrogens is 921 g/mol. The number of carbonyl (C=O) groups is 2. The molecule has 1 N–H and O–H groups in total. The van der Waals surface area contributed by atoms with Gasteiger partial charge in [0.15, 0.2) is 0 Å². The summed E-state index contributed by atoms with van der Waals surface area (Å²) >= 11 is 0. The minimum Gasteiger partial charge on any atom is -0.478 e. The lowest BCUT2D eigenvalue weighted by molar-refractivity contribution is -0.0592. The first-order valence-corrected chi connectivity index (χ1v) is 25.4. The number of carbonyl (C=O) groups excluding carboxylic acids is 1. The summed E-state index contributed by atoms with van der Waals surface area (Å²) < 4.78 is 32.9. The summed E-state index contributed by atoms with van der Waals surface area (Å²) in [5.74, 6) is 4.98. The van der Waals surface area contributed by atoms with Crippen LogP contribution in [0.15, 0.2) is 146 Å². The molecule has 2 aromatic heterocycles. The number of rotatable bonds is 16. The van der Waals surface area contributed by atoms with Crippen LogP contribution in [0.2, 0.25) is 0 Å². The molecule has 374 valence electrons. The van der Waals surface area contributed by atoms with Gasteiger partial charge in [0.25, 0.3) is 0 Å². The van der Waals surface area contributed by atoms with Crippen LogP contribution in [0, 0.1) is 0 Å². The lowest BCUT2D eigenvalue weighted by Crippen LogP contribution is -2.32. The molecule has 14 heteroatoms. The van der Waals surface area contributed by atoms with Crippen LogP contribution in [0.25, 0.3) is 22.1 Å². The third-order valence-corrected chi connectivity index (χ3v) is 14.6. The van der Waals surface area contributed by atoms with Gasteiger partial charge in [-0.15, -0.1) is 0 Å². The number of imidazole rings is 2. The number of esters is 1. The van der Waals surface area contributed by atoms with Crippen molar-refractivity contribution >= 4 is 34.0 Å². The molecule has 2 unspecified atom stereocenters. The van der Waals surface area contributed by atoms with Gasteiger partial charge < -0.3 is 37.9 Å². The van der Waals surface area contributed by atoms with E-state index in [1.54, 1.807) is 18.2 Å². The quantitative estimate of drug-likeness (QED) is 0.0921. The fourth-order valence-electron chi connectivity index (χ4n) is 10.4. The molecule has 4 aliphatic heterocycles. The van der Waals surface area contributed by atoms with Gasteiger partial charge in [0.05, 0.1) is 78.7 Å². The smallest absolute Gasteiger partial charge is 0.337 e. The van der Waals surface area contributed by atoms with Gasteiger partial charge in [-0.05, 0) is 147 Å². The predicted octanol–water partition coefficient (Wildman–Crippen LogP) is 10.7. The van der Waals surface area contributed by atoms with Crippen LogP contribution >= 0.6 is 0 Å². The van der Waals surface area contributed by atoms with E-state index in [4.69, 9.17) is 33.7 Å². The zero-order chi connectivity index (χ0) is 49.7. The molecule has 14 nitrogen and oxygen atoms in total. The Balaban J connectivity index is 0.000000157. The Bertz CT molecular complexity index is 3200. The lowest BCUT2D eigenvalue weighted by atomic mass is 9.98. The van der Waals surface area contributed by atoms with Crippen LogP contribution in [0.1, 0.15) is 81.0 Å². The normalized spacial score (nSPS) is 19.7. The van der Waals surface area contributed by atoms with Crippen LogP contribution in [0.5, 0.6) is 23.0 Å². The van der Waals surface area contributed by atoms with Crippen molar-refractivity contribution in [1.82, 2.24) is 28.9 Å². The monoisotopic (exact) mass is 980 g/mol. The van der Waals surface area contributed by atoms with Gasteiger partial charge in [0, 0.05) is 26.3 Å². The second-order valence-electron chi connectivity index (χ2n) is 19.5. The number of likely N-dealkylation sites (tertiary alicyclic amines) is 2. The summed E-state index contributed by atoms with van der Waals surface area (Å²) in [6.45, 7) is 8.41. The molecule has 0 radical (unpaired) electrons. The highest BCUT2D eigenvalue weighted by molar-refractivity contribution is 5.94. The third kappa shape index (κ3) is 11.2. The molecule has 0 spiro atoms. The average molecular weight is 981 g/mol. The summed E-state index contributed by atoms with van der Waals surface area (Å²) in [6.07, 6.45) is 4.58. The van der Waals surface area contributed by atoms with E-state index in [9.17, 15) is 14.7 Å². The third-order valence-electron chi connectivity index (χ3n) is 14.6. The van der Waals surface area contributed by atoms with E-state index < -0.39 is 5.97 Å². The maximum atomic E-state index is 12.1. The van der Waals surface area contributed by atoms with Gasteiger partial charge >= 0.3 is 11.9 Å². The molecule has 0 amide bonds. The topological polar surface area (TPSA) is 143 Å². The summed E-state index contributed by atoms with van der Waals surface area (Å²) in [5, 5.41) is 9.48. The molecular formula is C59H60N6O8. The Morgan fingerprint density at radius 1 is 0.562 bits per heavy atom. The summed E-state index contributed by atoms with van der Waals surface area (Å²) in [4.78, 5) is 38.5. The highest BCUT2D eigenvalue weighted by Gasteiger charge is 2.30. The van der Waals surface area contributed by atoms with Gasteiger partial charge in [-0.3, -0.25) is 9.80 Å². The van der Waals surface area contributed by atoms with Crippen molar-refractivity contribution in [2.24, 2.45) is 0 Å². The van der Waals surface area contributed by atoms with E-state index in [1.165, 1.54) is 18.2 Å². The SMILES string of the molecule is COC(=O)c1ccc2nc(CN3CCC(c4cccc(Oc5ccccc5)c4)C3)n(C[C@@H]3CCO3)c2c1.O=C(O)c1ccc2nc(CN3CCC(c4cccc(Oc5ccccc5)c4)C3)n(C[C@@H]3CCO3)c2c1. The Morgan fingerprint density at radius 2 is 1.01 bits per heavy atom. The Labute approximate surface area is 424 Å². The Kier molecular flexibility index (Phi) is 14.3. The lowest BCUT2D eigenvalue weighted by Gasteiger charge is -2.28. The molecule has 6 aromatic carbocycles. The van der Waals surface area contributed by atoms with E-state index in [0.29, 0.717) is 23.9 Å². The standard InChI is InChI=1S/C30H31N3O4.C29H29N3O4/c1-35-30(34)22-10-11-27-28(17-22)33(19-26-13-15-36-26)29(31-27)20-32-14-12-23(18-32)21-6-5-9-25(16-21)37-24-7-3-2-4-8-24;33-29(34)21-9-10-26-27(16-21)32(18-25-12-14-35-25)28(30-26)19-31-13-11-22(17-31)20-5-4-8-24(15-20)36-23-6-2-1-3-7-23/h2-11,16-17,23,26H,12-15,18-20H2,1H3;1-10,15-16,22,25H,11-14,17-19H2,(H,33,34)/t23?,26-;22?,25-/m00/s1. The van der Waals surface area contributed by atoms with Crippen molar-refractivity contribution in [2.75, 3.05) is 46.5 Å². The van der Waals surface area contributed by atoms with Gasteiger partial charge in [0.2, 0.25) is 0 Å². The number of aromatic carboxylic acids is 1. The summed E-state index contributed by atoms with van der Waals surface area (Å²) in [6, 6.07) is 47.3. The molecule has 4 atom stereocenters. The highest BCUT2D eigenvalue weighted by atomic mass is 16.5. The largest absolute Gasteiger partial charge is 0.478 e. The molecule has 8 aromatic rings. The van der Waals surface area contributed by atoms with Crippen LogP contribution in [0.4, 0.5) is 0 Å². The number of hydrogen-bond acceptors (Lipinski definition) is 11. The number of nitrogens with zero attached hydrogens (tertiary/aromatic N) is 6. The summed E-state index contributed by atoms with van der Waals surface area (Å²) in [7, 11) is 1.41. The van der Waals surface area contributed by atoms with Crippen molar-refractivity contribution in [2.45, 2.75) is 75.9 Å². The Hall–Kier alpha value is -7.36. The number of carboxylic acids is 1. The van der Waals surface area contributed by atoms with E-state index in [2.05, 4.69) is 55.3 Å². The molecule has 73 heavy (non-hydrogen) atoms. The number of methoxy groups -OCH3 is 1. The number of aromatic nitrogens is 4. The van der Waals surface area contributed by atoms with Gasteiger partial charge in [-0.25, -0.2) is 19.6 Å². The molecule has 4 fully saturated rings. The van der Waals surface area contributed by atoms with Crippen molar-refractivity contribution in [3.63, 3.8) is 0 Å². The fraction of sp³-hybridized carbons (Fsp3) is 0.322. The minimum absolute atomic E-state index is 0.160. The van der Waals surface area contributed by atoms with Crippen molar-refractivity contribution < 1.29 is 38.4 Å². The van der Waals surface area contributed by atoms with Crippen molar-refractivity contribution in [1.29, 1.82) is 0 Å². The fourth-order valence-corrected chi connectivity index (χ4v) is 10.4. The highest BCUT2D eigenvalue weighted by Crippen LogP contribution is 2.35. The maximum Gasteiger partial charge on any atom is 0.337 e. The van der Waals surface area contributed by atoms with E-state index in [0.717, 1.165) is 141 Å². The molecule has 6 heterocycles. The van der Waals surface area contributed by atoms with Crippen LogP contribution in [-0.4, -0.2) is 105 Å². The first-order chi connectivity index (χ1) is 35.8. The molecule has 0 bridgehead atoms. The van der Waals surface area contributed by atoms with Crippen molar-refractivity contribution in [3.05, 3.63) is 179 Å². The second kappa shape index (κ2) is 21.8. The molecule has 4 aliphatic rings. The number of ether oxygens (including phenoxy) is 5. The molecule has 0 saturated carbocycles. The summed E-state index contributed by atoms with van der Waals surface area (Å²) in [5.41, 5.74) is 6.94. The average Bonchev–Trinajstić information content (AvgIpc) is 4.20. The minimum atomic E-state index is -0.924. The Morgan fingerprint density at radius 3 is 1.45 bits per heavy atom. The number of fused-ring (bicyclic) bond motifs is 2. The number of carboxylic acid groups (broad SMARTS) is 1. The molecule has 4 saturated heterocycles. The number of benzene rings is 6. The second-order valence-corrected chi connectivity index (χ2v) is 19.5. The molecule has 12 rings (SSSR count). The van der Waals surface area contributed by atoms with Crippen LogP contribution < -0.4 is 9.47 Å². The van der Waals surface area contributed by atoms with E-state index >= 15 is 0 Å². The van der Waals surface area contributed by atoms with Crippen LogP contribution in [-0.2, 0) is 40.4 Å². The predicted molar refractivity (Wildman–Crippen MR) is 278 cm³/mol. The van der Waals surface area contributed by atoms with E-state index in [-0.39, 0.29) is 23.7 Å². The number of hydrogen-bond donors (Lipinski definition) is 1. The van der Waals surface area contributed by atoms with Gasteiger partial charge in [-0.2, -0.15) is 0 Å². The first kappa shape index (κ1) is 47.9. The van der Waals surface area contributed by atoms with Crippen molar-refractivity contribution in [3.8, 4) is 23.0 Å². The maximum absolute atomic E-state index is 12.1. The van der Waals surface area contributed by atoms with E-state index in [1.807, 2.05) is 91.0 Å². The number of para-hydroxylation sites is 2. The first-order valence-electron chi connectivity index (χ1n) is 25.4. The van der Waals surface area contributed by atoms with Gasteiger partial charge in [0.1, 0.15) is 34.6 Å². The zero-order valence-electron chi connectivity index (χ0n) is 41.1. The molecule has 0 aliphatic carbocycles. The van der Waals surface area contributed by atoms with Crippen LogP contribution in [0.3, 0.4) is 0 Å². The zero-order valence-corrected chi connectivity index (χ0v) is 41.1. The van der Waals surface area contributed by atoms with Gasteiger partial charge in [-0.1, -0.05) is 60.7 Å².